The molecule has 0 bridgehead atoms. The minimum absolute atomic E-state index is 0.530. The van der Waals surface area contributed by atoms with E-state index >= 15 is 0 Å². The maximum Gasteiger partial charge on any atom is 0.167 e. The van der Waals surface area contributed by atoms with Gasteiger partial charge in [-0.2, -0.15) is 0 Å². The predicted molar refractivity (Wildman–Crippen MR) is 72.9 cm³/mol. The number of ether oxygens (including phenoxy) is 1. The Morgan fingerprint density at radius 3 is 3.00 bits per heavy atom. The van der Waals surface area contributed by atoms with E-state index in [-0.39, 0.29) is 0 Å². The molecule has 1 unspecified atom stereocenters. The van der Waals surface area contributed by atoms with Gasteiger partial charge >= 0.3 is 0 Å². The fourth-order valence-corrected chi connectivity index (χ4v) is 2.62. The first kappa shape index (κ1) is 12.2. The summed E-state index contributed by atoms with van der Waals surface area (Å²) in [5, 5.41) is 8.65. The smallest absolute Gasteiger partial charge is 0.167 e. The third-order valence-electron chi connectivity index (χ3n) is 3.74. The first-order valence-corrected chi connectivity index (χ1v) is 6.59. The Hall–Kier alpha value is -1.88. The Morgan fingerprint density at radius 1 is 1.37 bits per heavy atom. The third kappa shape index (κ3) is 2.10. The van der Waals surface area contributed by atoms with Crippen LogP contribution in [0.2, 0.25) is 0 Å². The molecule has 0 saturated carbocycles. The zero-order valence-electron chi connectivity index (χ0n) is 11.0. The number of para-hydroxylation sites is 1. The van der Waals surface area contributed by atoms with Gasteiger partial charge in [-0.3, -0.25) is 0 Å². The van der Waals surface area contributed by atoms with E-state index in [0.717, 1.165) is 48.9 Å². The van der Waals surface area contributed by atoms with Crippen molar-refractivity contribution in [2.75, 3.05) is 13.7 Å². The minimum Gasteiger partial charge on any atom is -0.496 e. The fraction of sp³-hybridized carbons (Fsp3) is 0.429. The molecular weight excluding hydrogens is 240 g/mol. The molecule has 2 aromatic rings. The molecule has 19 heavy (non-hydrogen) atoms. The Bertz CT molecular complexity index is 579. The molecule has 1 aliphatic heterocycles. The van der Waals surface area contributed by atoms with Gasteiger partial charge < -0.3 is 15.0 Å². The van der Waals surface area contributed by atoms with E-state index in [1.165, 1.54) is 0 Å². The molecule has 0 saturated heterocycles. The van der Waals surface area contributed by atoms with E-state index in [2.05, 4.69) is 14.8 Å². The second-order valence-electron chi connectivity index (χ2n) is 4.89. The number of nitrogens with zero attached hydrogens (tertiary/aromatic N) is 3. The minimum atomic E-state index is 0.530. The number of aromatic nitrogens is 3. The molecule has 0 spiro atoms. The molecule has 0 radical (unpaired) electrons. The van der Waals surface area contributed by atoms with Crippen molar-refractivity contribution in [3.8, 4) is 17.1 Å². The van der Waals surface area contributed by atoms with Crippen LogP contribution in [-0.4, -0.2) is 28.4 Å². The van der Waals surface area contributed by atoms with Gasteiger partial charge in [0, 0.05) is 13.0 Å². The summed E-state index contributed by atoms with van der Waals surface area (Å²) >= 11 is 0. The predicted octanol–water partition coefficient (Wildman–Crippen LogP) is 1.47. The summed E-state index contributed by atoms with van der Waals surface area (Å²) in [7, 11) is 1.68. The summed E-state index contributed by atoms with van der Waals surface area (Å²) < 4.78 is 7.59. The summed E-state index contributed by atoms with van der Waals surface area (Å²) in [6.45, 7) is 1.65. The van der Waals surface area contributed by atoms with Gasteiger partial charge in [-0.25, -0.2) is 0 Å². The van der Waals surface area contributed by atoms with Gasteiger partial charge in [0.15, 0.2) is 5.82 Å². The zero-order valence-corrected chi connectivity index (χ0v) is 11.0. The number of hydrogen-bond donors (Lipinski definition) is 1. The van der Waals surface area contributed by atoms with E-state index in [4.69, 9.17) is 10.5 Å². The molecule has 1 aromatic heterocycles. The van der Waals surface area contributed by atoms with Crippen LogP contribution < -0.4 is 10.5 Å². The number of methoxy groups -OCH3 is 1. The molecule has 1 atom stereocenters. The number of benzene rings is 1. The van der Waals surface area contributed by atoms with Crippen LogP contribution in [0.15, 0.2) is 24.3 Å². The first-order valence-electron chi connectivity index (χ1n) is 6.59. The summed E-state index contributed by atoms with van der Waals surface area (Å²) in [4.78, 5) is 0. The highest BCUT2D eigenvalue weighted by Crippen LogP contribution is 2.31. The first-order chi connectivity index (χ1) is 9.33. The lowest BCUT2D eigenvalue weighted by Gasteiger charge is -2.22. The van der Waals surface area contributed by atoms with Crippen LogP contribution in [0, 0.1) is 5.92 Å². The van der Waals surface area contributed by atoms with E-state index in [1.807, 2.05) is 24.3 Å². The van der Waals surface area contributed by atoms with E-state index in [1.54, 1.807) is 7.11 Å². The summed E-state index contributed by atoms with van der Waals surface area (Å²) in [6.07, 6.45) is 2.00. The maximum atomic E-state index is 5.75. The van der Waals surface area contributed by atoms with Gasteiger partial charge in [0.25, 0.3) is 0 Å². The van der Waals surface area contributed by atoms with Gasteiger partial charge in [-0.05, 0) is 31.0 Å². The Morgan fingerprint density at radius 2 is 2.21 bits per heavy atom. The van der Waals surface area contributed by atoms with Crippen molar-refractivity contribution < 1.29 is 4.74 Å². The standard InChI is InChI=1S/C14H18N4O/c1-19-12-5-3-2-4-11(12)14-17-16-13-8-10(9-15)6-7-18(13)14/h2-5,10H,6-9,15H2,1H3. The van der Waals surface area contributed by atoms with Crippen molar-refractivity contribution >= 4 is 0 Å². The van der Waals surface area contributed by atoms with Gasteiger partial charge in [-0.15, -0.1) is 10.2 Å². The second kappa shape index (κ2) is 5.01. The quantitative estimate of drug-likeness (QED) is 0.905. The second-order valence-corrected chi connectivity index (χ2v) is 4.89. The molecule has 5 nitrogen and oxygen atoms in total. The number of fused-ring (bicyclic) bond motifs is 1. The van der Waals surface area contributed by atoms with Crippen LogP contribution in [0.1, 0.15) is 12.2 Å². The molecule has 5 heteroatoms. The van der Waals surface area contributed by atoms with Crippen molar-refractivity contribution in [1.29, 1.82) is 0 Å². The lowest BCUT2D eigenvalue weighted by atomic mass is 9.98. The average molecular weight is 258 g/mol. The Balaban J connectivity index is 2.01. The van der Waals surface area contributed by atoms with Crippen LogP contribution in [-0.2, 0) is 13.0 Å². The van der Waals surface area contributed by atoms with E-state index in [9.17, 15) is 0 Å². The highest BCUT2D eigenvalue weighted by Gasteiger charge is 2.23. The number of nitrogens with two attached hydrogens (primary N) is 1. The number of rotatable bonds is 3. The van der Waals surface area contributed by atoms with Crippen molar-refractivity contribution in [3.63, 3.8) is 0 Å². The van der Waals surface area contributed by atoms with Crippen LogP contribution in [0.4, 0.5) is 0 Å². The summed E-state index contributed by atoms with van der Waals surface area (Å²) in [5.41, 5.74) is 6.74. The third-order valence-corrected chi connectivity index (χ3v) is 3.74. The molecule has 1 aromatic carbocycles. The molecule has 0 aliphatic carbocycles. The normalized spacial score (nSPS) is 18.1. The average Bonchev–Trinajstić information content (AvgIpc) is 2.89. The highest BCUT2D eigenvalue weighted by molar-refractivity contribution is 5.64. The van der Waals surface area contributed by atoms with Crippen LogP contribution in [0.25, 0.3) is 11.4 Å². The molecule has 0 amide bonds. The van der Waals surface area contributed by atoms with Gasteiger partial charge in [0.05, 0.1) is 12.7 Å². The summed E-state index contributed by atoms with van der Waals surface area (Å²) in [5.74, 6) is 3.28. The van der Waals surface area contributed by atoms with Gasteiger partial charge in [0.1, 0.15) is 11.6 Å². The van der Waals surface area contributed by atoms with E-state index in [0.29, 0.717) is 5.92 Å². The van der Waals surface area contributed by atoms with Gasteiger partial charge in [0.2, 0.25) is 0 Å². The SMILES string of the molecule is COc1ccccc1-c1nnc2n1CCC(CN)C2. The van der Waals surface area contributed by atoms with Gasteiger partial charge in [-0.1, -0.05) is 12.1 Å². The monoisotopic (exact) mass is 258 g/mol. The fourth-order valence-electron chi connectivity index (χ4n) is 2.62. The van der Waals surface area contributed by atoms with Crippen molar-refractivity contribution in [3.05, 3.63) is 30.1 Å². The van der Waals surface area contributed by atoms with Crippen molar-refractivity contribution in [2.24, 2.45) is 11.7 Å². The highest BCUT2D eigenvalue weighted by atomic mass is 16.5. The molecular formula is C14H18N4O. The lowest BCUT2D eigenvalue weighted by Crippen LogP contribution is -2.25. The van der Waals surface area contributed by atoms with E-state index < -0.39 is 0 Å². The molecule has 1 aliphatic rings. The Labute approximate surface area is 112 Å². The molecule has 3 rings (SSSR count). The molecule has 0 fully saturated rings. The van der Waals surface area contributed by atoms with Crippen LogP contribution in [0.3, 0.4) is 0 Å². The molecule has 2 N–H and O–H groups in total. The maximum absolute atomic E-state index is 5.75. The zero-order chi connectivity index (χ0) is 13.2. The van der Waals surface area contributed by atoms with Crippen LogP contribution in [0.5, 0.6) is 5.75 Å². The van der Waals surface area contributed by atoms with Crippen molar-refractivity contribution in [1.82, 2.24) is 14.8 Å². The lowest BCUT2D eigenvalue weighted by molar-refractivity contribution is 0.390. The molecule has 100 valence electrons. The van der Waals surface area contributed by atoms with Crippen LogP contribution >= 0.6 is 0 Å². The number of hydrogen-bond acceptors (Lipinski definition) is 4. The summed E-state index contributed by atoms with van der Waals surface area (Å²) in [6, 6.07) is 7.92. The van der Waals surface area contributed by atoms with Crippen molar-refractivity contribution in [2.45, 2.75) is 19.4 Å². The largest absolute Gasteiger partial charge is 0.496 e. The Kier molecular flexibility index (Phi) is 3.21. The molecule has 2 heterocycles. The topological polar surface area (TPSA) is 66.0 Å².